The van der Waals surface area contributed by atoms with Gasteiger partial charge in [-0.3, -0.25) is 4.79 Å². The predicted molar refractivity (Wildman–Crippen MR) is 69.2 cm³/mol. The number of rotatable bonds is 9. The monoisotopic (exact) mass is 269 g/mol. The molecule has 0 aromatic heterocycles. The molecule has 0 bridgehead atoms. The number of carbonyl (C=O) groups is 3. The second-order valence-electron chi connectivity index (χ2n) is 3.97. The average Bonchev–Trinajstić information content (AvgIpc) is 2.35. The maximum atomic E-state index is 11.1. The zero-order valence-electron chi connectivity index (χ0n) is 11.3. The maximum absolute atomic E-state index is 11.1. The fraction of sp³-hybridized carbons (Fsp3) is 0.462. The van der Waals surface area contributed by atoms with Gasteiger partial charge in [0.05, 0.1) is 13.1 Å². The quantitative estimate of drug-likeness (QED) is 0.350. The molecule has 0 N–H and O–H groups in total. The van der Waals surface area contributed by atoms with E-state index >= 15 is 0 Å². The van der Waals surface area contributed by atoms with Crippen LogP contribution in [0.5, 0.6) is 0 Å². The largest absolute Gasteiger partial charge is 0.460 e. The van der Waals surface area contributed by atoms with Gasteiger partial charge in [0.15, 0.2) is 0 Å². The van der Waals surface area contributed by atoms with Crippen LogP contribution in [0.2, 0.25) is 0 Å². The van der Waals surface area contributed by atoms with E-state index in [9.17, 15) is 14.4 Å². The highest BCUT2D eigenvalue weighted by molar-refractivity contribution is 5.87. The summed E-state index contributed by atoms with van der Waals surface area (Å²) in [6.45, 7) is 10.5. The third-order valence-corrected chi connectivity index (χ3v) is 2.07. The zero-order chi connectivity index (χ0) is 14.8. The van der Waals surface area contributed by atoms with Gasteiger partial charge in [0.2, 0.25) is 6.41 Å². The summed E-state index contributed by atoms with van der Waals surface area (Å²) in [5.74, 6) is -1.00. The minimum Gasteiger partial charge on any atom is -0.460 e. The second-order valence-corrected chi connectivity index (χ2v) is 3.97. The number of amides is 1. The van der Waals surface area contributed by atoms with Crippen molar-refractivity contribution in [2.45, 2.75) is 13.8 Å². The second kappa shape index (κ2) is 8.91. The van der Waals surface area contributed by atoms with Crippen LogP contribution in [0.3, 0.4) is 0 Å². The summed E-state index contributed by atoms with van der Waals surface area (Å²) in [7, 11) is 0. The molecule has 1 amide bonds. The van der Waals surface area contributed by atoms with E-state index in [2.05, 4.69) is 13.2 Å². The van der Waals surface area contributed by atoms with Crippen LogP contribution in [0.1, 0.15) is 13.8 Å². The number of esters is 2. The van der Waals surface area contributed by atoms with Crippen LogP contribution >= 0.6 is 0 Å². The molecule has 106 valence electrons. The van der Waals surface area contributed by atoms with Gasteiger partial charge in [-0.25, -0.2) is 9.59 Å². The van der Waals surface area contributed by atoms with E-state index in [4.69, 9.17) is 9.47 Å². The minimum atomic E-state index is -0.500. The third kappa shape index (κ3) is 7.75. The molecule has 0 atom stereocenters. The molecule has 0 aromatic carbocycles. The molecule has 0 aromatic rings. The molecule has 0 unspecified atom stereocenters. The molecule has 0 spiro atoms. The van der Waals surface area contributed by atoms with E-state index < -0.39 is 11.9 Å². The highest BCUT2D eigenvalue weighted by Gasteiger charge is 2.07. The number of carbonyl (C=O) groups excluding carboxylic acids is 3. The fourth-order valence-corrected chi connectivity index (χ4v) is 0.975. The molecule has 0 heterocycles. The van der Waals surface area contributed by atoms with Crippen LogP contribution in [-0.2, 0) is 23.9 Å². The van der Waals surface area contributed by atoms with E-state index in [1.165, 1.54) is 18.7 Å². The Labute approximate surface area is 112 Å². The smallest absolute Gasteiger partial charge is 0.333 e. The van der Waals surface area contributed by atoms with Crippen LogP contribution in [0.15, 0.2) is 24.3 Å². The molecule has 0 aliphatic heterocycles. The normalized spacial score (nSPS) is 9.37. The Morgan fingerprint density at radius 3 is 1.63 bits per heavy atom. The molecule has 6 heteroatoms. The summed E-state index contributed by atoms with van der Waals surface area (Å²) in [5.41, 5.74) is 0.598. The predicted octanol–water partition coefficient (Wildman–Crippen LogP) is 0.683. The minimum absolute atomic E-state index is 0.0683. The molecule has 6 nitrogen and oxygen atoms in total. The Morgan fingerprint density at radius 1 is 1.00 bits per heavy atom. The number of hydrogen-bond acceptors (Lipinski definition) is 5. The SMILES string of the molecule is C=C(C)C(=O)OCCN(C=O)CCOC(=O)C(=C)C. The van der Waals surface area contributed by atoms with Crippen molar-refractivity contribution in [3.05, 3.63) is 24.3 Å². The summed E-state index contributed by atoms with van der Waals surface area (Å²) in [6, 6.07) is 0. The van der Waals surface area contributed by atoms with Gasteiger partial charge in [0, 0.05) is 11.1 Å². The zero-order valence-corrected chi connectivity index (χ0v) is 11.3. The molecule has 0 fully saturated rings. The van der Waals surface area contributed by atoms with Gasteiger partial charge in [0.1, 0.15) is 13.2 Å². The molecule has 0 saturated heterocycles. The number of nitrogens with zero attached hydrogens (tertiary/aromatic N) is 1. The molecule has 0 aliphatic carbocycles. The van der Waals surface area contributed by atoms with Gasteiger partial charge in [-0.15, -0.1) is 0 Å². The van der Waals surface area contributed by atoms with Crippen LogP contribution in [0.4, 0.5) is 0 Å². The van der Waals surface area contributed by atoms with E-state index in [-0.39, 0.29) is 26.3 Å². The highest BCUT2D eigenvalue weighted by Crippen LogP contribution is 1.95. The van der Waals surface area contributed by atoms with Gasteiger partial charge in [-0.2, -0.15) is 0 Å². The average molecular weight is 269 g/mol. The van der Waals surface area contributed by atoms with Crippen molar-refractivity contribution in [2.24, 2.45) is 0 Å². The molecule has 0 radical (unpaired) electrons. The van der Waals surface area contributed by atoms with Gasteiger partial charge >= 0.3 is 11.9 Å². The third-order valence-electron chi connectivity index (χ3n) is 2.07. The molecular weight excluding hydrogens is 250 g/mol. The molecule has 19 heavy (non-hydrogen) atoms. The van der Waals surface area contributed by atoms with E-state index in [0.717, 1.165) is 0 Å². The van der Waals surface area contributed by atoms with Crippen LogP contribution in [0, 0.1) is 0 Å². The lowest BCUT2D eigenvalue weighted by Gasteiger charge is -2.17. The van der Waals surface area contributed by atoms with Crippen molar-refractivity contribution in [3.8, 4) is 0 Å². The first kappa shape index (κ1) is 16.9. The van der Waals surface area contributed by atoms with Crippen LogP contribution < -0.4 is 0 Å². The van der Waals surface area contributed by atoms with Gasteiger partial charge < -0.3 is 14.4 Å². The van der Waals surface area contributed by atoms with Crippen molar-refractivity contribution >= 4 is 18.3 Å². The van der Waals surface area contributed by atoms with E-state index in [1.54, 1.807) is 0 Å². The van der Waals surface area contributed by atoms with Crippen molar-refractivity contribution in [2.75, 3.05) is 26.3 Å². The first-order chi connectivity index (χ1) is 8.88. The lowest BCUT2D eigenvalue weighted by molar-refractivity contribution is -0.141. The number of ether oxygens (including phenoxy) is 2. The Morgan fingerprint density at radius 2 is 1.37 bits per heavy atom. The van der Waals surface area contributed by atoms with E-state index in [0.29, 0.717) is 17.6 Å². The van der Waals surface area contributed by atoms with Gasteiger partial charge in [-0.05, 0) is 13.8 Å². The van der Waals surface area contributed by atoms with Crippen molar-refractivity contribution in [3.63, 3.8) is 0 Å². The summed E-state index contributed by atoms with van der Waals surface area (Å²) in [4.78, 5) is 34.2. The Bertz CT molecular complexity index is 343. The Kier molecular flexibility index (Phi) is 7.92. The van der Waals surface area contributed by atoms with Crippen molar-refractivity contribution in [1.29, 1.82) is 0 Å². The molecule has 0 rings (SSSR count). The standard InChI is InChI=1S/C13H19NO5/c1-10(2)12(16)18-7-5-14(9-15)6-8-19-13(17)11(3)4/h9H,1,3,5-8H2,2,4H3. The summed E-state index contributed by atoms with van der Waals surface area (Å²) < 4.78 is 9.68. The lowest BCUT2D eigenvalue weighted by atomic mass is 10.4. The molecule has 0 saturated carbocycles. The maximum Gasteiger partial charge on any atom is 0.333 e. The number of hydrogen-bond donors (Lipinski definition) is 0. The summed E-state index contributed by atoms with van der Waals surface area (Å²) >= 11 is 0. The summed E-state index contributed by atoms with van der Waals surface area (Å²) in [5, 5.41) is 0. The lowest BCUT2D eigenvalue weighted by Crippen LogP contribution is -2.31. The highest BCUT2D eigenvalue weighted by atomic mass is 16.5. The van der Waals surface area contributed by atoms with Crippen molar-refractivity contribution < 1.29 is 23.9 Å². The van der Waals surface area contributed by atoms with Crippen molar-refractivity contribution in [1.82, 2.24) is 4.90 Å². The van der Waals surface area contributed by atoms with Gasteiger partial charge in [-0.1, -0.05) is 13.2 Å². The Balaban J connectivity index is 3.87. The first-order valence-electron chi connectivity index (χ1n) is 5.73. The molecular formula is C13H19NO5. The fourth-order valence-electron chi connectivity index (χ4n) is 0.975. The molecule has 0 aliphatic rings. The topological polar surface area (TPSA) is 72.9 Å². The van der Waals surface area contributed by atoms with Gasteiger partial charge in [0.25, 0.3) is 0 Å². The van der Waals surface area contributed by atoms with E-state index in [1.807, 2.05) is 0 Å². The summed E-state index contributed by atoms with van der Waals surface area (Å²) in [6.07, 6.45) is 0.600. The Hall–Kier alpha value is -2.11. The van der Waals surface area contributed by atoms with Crippen LogP contribution in [0.25, 0.3) is 0 Å². The first-order valence-corrected chi connectivity index (χ1v) is 5.73. The van der Waals surface area contributed by atoms with Crippen LogP contribution in [-0.4, -0.2) is 49.6 Å².